The molecule has 3 rings (SSSR count). The van der Waals surface area contributed by atoms with E-state index in [0.717, 1.165) is 30.8 Å². The predicted octanol–water partition coefficient (Wildman–Crippen LogP) is 2.94. The molecule has 0 aromatic rings. The average molecular weight is 305 g/mol. The van der Waals surface area contributed by atoms with E-state index in [0.29, 0.717) is 12.5 Å². The van der Waals surface area contributed by atoms with Crippen molar-refractivity contribution in [3.8, 4) is 6.57 Å². The lowest BCUT2D eigenvalue weighted by molar-refractivity contribution is -0.129. The van der Waals surface area contributed by atoms with E-state index < -0.39 is 0 Å². The molecular weight excluding hydrogens is 274 g/mol. The van der Waals surface area contributed by atoms with Gasteiger partial charge in [0, 0.05) is 25.2 Å². The van der Waals surface area contributed by atoms with Gasteiger partial charge in [-0.3, -0.25) is 4.79 Å². The second-order valence-electron chi connectivity index (χ2n) is 7.95. The molecule has 0 spiro atoms. The van der Waals surface area contributed by atoms with E-state index in [9.17, 15) is 4.79 Å². The average Bonchev–Trinajstić information content (AvgIpc) is 3.00. The van der Waals surface area contributed by atoms with Gasteiger partial charge in [0.1, 0.15) is 0 Å². The molecule has 1 saturated heterocycles. The summed E-state index contributed by atoms with van der Waals surface area (Å²) in [5.74, 6) is 3.00. The number of likely N-dealkylation sites (tertiary alicyclic amines) is 1. The maximum absolute atomic E-state index is 12.2. The van der Waals surface area contributed by atoms with Crippen LogP contribution in [0.25, 0.3) is 0 Å². The second kappa shape index (κ2) is 7.46. The molecule has 2 saturated carbocycles. The Bertz CT molecular complexity index is 382. The van der Waals surface area contributed by atoms with Crippen molar-refractivity contribution in [1.29, 1.82) is 5.26 Å². The molecule has 2 unspecified atom stereocenters. The Morgan fingerprint density at radius 1 is 1.18 bits per heavy atom. The number of carbonyl (C=O) groups is 1. The van der Waals surface area contributed by atoms with Crippen LogP contribution in [0.1, 0.15) is 58.8 Å². The minimum absolute atomic E-state index is 0.198. The SMILES string of the molecule is C#N.CC1CC2CC(C1)CC(C)(NCC(=O)N1CCCC1)C2. The first kappa shape index (κ1) is 17.3. The third-order valence-corrected chi connectivity index (χ3v) is 5.74. The Morgan fingerprint density at radius 2 is 1.73 bits per heavy atom. The smallest absolute Gasteiger partial charge is 0.236 e. The summed E-state index contributed by atoms with van der Waals surface area (Å²) in [5.41, 5.74) is 0.198. The van der Waals surface area contributed by atoms with Crippen LogP contribution in [0.5, 0.6) is 0 Å². The lowest BCUT2D eigenvalue weighted by Gasteiger charge is -2.47. The van der Waals surface area contributed by atoms with Gasteiger partial charge < -0.3 is 10.2 Å². The highest BCUT2D eigenvalue weighted by atomic mass is 16.2. The fourth-order valence-electron chi connectivity index (χ4n) is 5.10. The highest BCUT2D eigenvalue weighted by molar-refractivity contribution is 5.78. The molecule has 1 aliphatic heterocycles. The van der Waals surface area contributed by atoms with E-state index in [2.05, 4.69) is 25.7 Å². The number of nitriles is 1. The number of nitrogens with zero attached hydrogens (tertiary/aromatic N) is 2. The molecule has 22 heavy (non-hydrogen) atoms. The van der Waals surface area contributed by atoms with E-state index in [4.69, 9.17) is 5.26 Å². The van der Waals surface area contributed by atoms with E-state index in [1.165, 1.54) is 44.9 Å². The molecule has 4 nitrogen and oxygen atoms in total. The van der Waals surface area contributed by atoms with Crippen LogP contribution in [-0.4, -0.2) is 36.0 Å². The Kier molecular flexibility index (Phi) is 5.86. The van der Waals surface area contributed by atoms with Crippen LogP contribution in [0.2, 0.25) is 0 Å². The number of hydrogen-bond acceptors (Lipinski definition) is 3. The monoisotopic (exact) mass is 305 g/mol. The fraction of sp³-hybridized carbons (Fsp3) is 0.889. The number of carbonyl (C=O) groups excluding carboxylic acids is 1. The summed E-state index contributed by atoms with van der Waals surface area (Å²) in [5, 5.41) is 10.1. The molecular formula is C18H31N3O. The van der Waals surface area contributed by atoms with Crippen LogP contribution in [0.3, 0.4) is 0 Å². The van der Waals surface area contributed by atoms with Crippen molar-refractivity contribution >= 4 is 5.91 Å². The van der Waals surface area contributed by atoms with Gasteiger partial charge in [0.15, 0.2) is 0 Å². The Morgan fingerprint density at radius 3 is 2.27 bits per heavy atom. The summed E-state index contributed by atoms with van der Waals surface area (Å²) >= 11 is 0. The zero-order valence-corrected chi connectivity index (χ0v) is 14.2. The molecule has 2 atom stereocenters. The molecule has 0 radical (unpaired) electrons. The summed E-state index contributed by atoms with van der Waals surface area (Å²) in [6.45, 7) is 10.7. The zero-order valence-electron chi connectivity index (χ0n) is 14.2. The molecule has 0 aromatic heterocycles. The van der Waals surface area contributed by atoms with E-state index in [-0.39, 0.29) is 5.54 Å². The number of rotatable bonds is 3. The summed E-state index contributed by atoms with van der Waals surface area (Å²) in [4.78, 5) is 14.2. The third-order valence-electron chi connectivity index (χ3n) is 5.74. The van der Waals surface area contributed by atoms with Crippen molar-refractivity contribution in [1.82, 2.24) is 10.2 Å². The molecule has 2 aliphatic carbocycles. The van der Waals surface area contributed by atoms with Gasteiger partial charge in [-0.25, -0.2) is 5.26 Å². The molecule has 1 heterocycles. The molecule has 0 aromatic carbocycles. The number of nitrogens with one attached hydrogen (secondary N) is 1. The number of fused-ring (bicyclic) bond motifs is 2. The van der Waals surface area contributed by atoms with Crippen molar-refractivity contribution < 1.29 is 4.79 Å². The quantitative estimate of drug-likeness (QED) is 0.872. The minimum Gasteiger partial charge on any atom is -0.342 e. The predicted molar refractivity (Wildman–Crippen MR) is 88.1 cm³/mol. The maximum atomic E-state index is 12.2. The van der Waals surface area contributed by atoms with Gasteiger partial charge in [-0.1, -0.05) is 6.92 Å². The minimum atomic E-state index is 0.198. The molecule has 1 N–H and O–H groups in total. The first-order chi connectivity index (χ1) is 10.5. The van der Waals surface area contributed by atoms with E-state index in [1.807, 2.05) is 4.90 Å². The van der Waals surface area contributed by atoms with Crippen LogP contribution >= 0.6 is 0 Å². The van der Waals surface area contributed by atoms with Crippen LogP contribution < -0.4 is 5.32 Å². The first-order valence-corrected chi connectivity index (χ1v) is 8.83. The van der Waals surface area contributed by atoms with Gasteiger partial charge in [-0.05, 0) is 69.6 Å². The molecule has 3 fully saturated rings. The van der Waals surface area contributed by atoms with Crippen molar-refractivity contribution in [2.24, 2.45) is 17.8 Å². The van der Waals surface area contributed by atoms with E-state index in [1.54, 1.807) is 0 Å². The summed E-state index contributed by atoms with van der Waals surface area (Å²) < 4.78 is 0. The first-order valence-electron chi connectivity index (χ1n) is 8.83. The maximum Gasteiger partial charge on any atom is 0.236 e. The molecule has 124 valence electrons. The second-order valence-corrected chi connectivity index (χ2v) is 7.95. The topological polar surface area (TPSA) is 56.1 Å². The van der Waals surface area contributed by atoms with Crippen molar-refractivity contribution in [3.05, 3.63) is 0 Å². The van der Waals surface area contributed by atoms with Crippen molar-refractivity contribution in [3.63, 3.8) is 0 Å². The van der Waals surface area contributed by atoms with E-state index >= 15 is 0 Å². The van der Waals surface area contributed by atoms with Gasteiger partial charge >= 0.3 is 0 Å². The third kappa shape index (κ3) is 4.23. The standard InChI is InChI=1S/C17H30N2O.CHN/c1-13-7-14-9-15(8-13)11-17(2,10-14)18-12-16(20)19-5-3-4-6-19;1-2/h13-15,18H,3-12H2,1-2H3;1H. The Labute approximate surface area is 135 Å². The number of hydrogen-bond donors (Lipinski definition) is 1. The van der Waals surface area contributed by atoms with Gasteiger partial charge in [-0.2, -0.15) is 0 Å². The normalized spacial score (nSPS) is 37.3. The molecule has 1 amide bonds. The van der Waals surface area contributed by atoms with Crippen molar-refractivity contribution in [2.75, 3.05) is 19.6 Å². The largest absolute Gasteiger partial charge is 0.342 e. The van der Waals surface area contributed by atoms with Crippen LogP contribution in [0.4, 0.5) is 0 Å². The fourth-order valence-corrected chi connectivity index (χ4v) is 5.10. The highest BCUT2D eigenvalue weighted by Gasteiger charge is 2.40. The lowest BCUT2D eigenvalue weighted by atomic mass is 9.62. The van der Waals surface area contributed by atoms with Crippen LogP contribution in [-0.2, 0) is 4.79 Å². The van der Waals surface area contributed by atoms with Gasteiger partial charge in [0.05, 0.1) is 6.54 Å². The number of amides is 1. The Balaban J connectivity index is 0.000000847. The molecule has 2 bridgehead atoms. The van der Waals surface area contributed by atoms with Crippen LogP contribution in [0, 0.1) is 29.6 Å². The van der Waals surface area contributed by atoms with Gasteiger partial charge in [0.2, 0.25) is 5.91 Å². The molecule has 4 heteroatoms. The lowest BCUT2D eigenvalue weighted by Crippen LogP contribution is -2.53. The highest BCUT2D eigenvalue weighted by Crippen LogP contribution is 2.46. The summed E-state index contributed by atoms with van der Waals surface area (Å²) in [7, 11) is 0. The van der Waals surface area contributed by atoms with Crippen molar-refractivity contribution in [2.45, 2.75) is 64.3 Å². The molecule has 3 aliphatic rings. The summed E-state index contributed by atoms with van der Waals surface area (Å²) in [6, 6.07) is 0. The van der Waals surface area contributed by atoms with Crippen LogP contribution in [0.15, 0.2) is 0 Å². The van der Waals surface area contributed by atoms with Gasteiger partial charge in [-0.15, -0.1) is 0 Å². The summed E-state index contributed by atoms with van der Waals surface area (Å²) in [6.07, 6.45) is 9.13. The van der Waals surface area contributed by atoms with Gasteiger partial charge in [0.25, 0.3) is 0 Å². The zero-order chi connectivity index (χ0) is 16.2. The Hall–Kier alpha value is -1.08.